The van der Waals surface area contributed by atoms with Crippen molar-refractivity contribution in [2.24, 2.45) is 23.5 Å². The summed E-state index contributed by atoms with van der Waals surface area (Å²) in [6.07, 6.45) is 19.4. The molecule has 6 nitrogen and oxygen atoms in total. The van der Waals surface area contributed by atoms with Gasteiger partial charge in [0.05, 0.1) is 0 Å². The Morgan fingerprint density at radius 2 is 1.55 bits per heavy atom. The molecule has 6 unspecified atom stereocenters. The fraction of sp³-hybridized carbons (Fsp3) is 0.879. The van der Waals surface area contributed by atoms with Gasteiger partial charge in [-0.15, -0.1) is 0 Å². The average Bonchev–Trinajstić information content (AvgIpc) is 2.88. The maximum Gasteiger partial charge on any atom is 0.323 e. The van der Waals surface area contributed by atoms with Crippen LogP contribution in [-0.2, 0) is 14.3 Å². The first-order valence-electron chi connectivity index (χ1n) is 16.0. The number of hydrogen-bond donors (Lipinski definition) is 1. The van der Waals surface area contributed by atoms with E-state index in [1.54, 1.807) is 6.66 Å². The lowest BCUT2D eigenvalue weighted by molar-refractivity contribution is -0.152. The summed E-state index contributed by atoms with van der Waals surface area (Å²) < 4.78 is 11.2. The highest BCUT2D eigenvalue weighted by Crippen LogP contribution is 2.27. The molecule has 0 amide bonds. The summed E-state index contributed by atoms with van der Waals surface area (Å²) in [4.78, 5) is 26.2. The monoisotopic (exact) mass is 584 g/mol. The topological polar surface area (TPSA) is 81.9 Å². The zero-order valence-electron chi connectivity index (χ0n) is 27.4. The molecule has 0 saturated carbocycles. The number of hydrogen-bond acceptors (Lipinski definition) is 6. The van der Waals surface area contributed by atoms with Crippen molar-refractivity contribution in [2.45, 2.75) is 136 Å². The van der Waals surface area contributed by atoms with Crippen LogP contribution in [0.5, 0.6) is 0 Å². The summed E-state index contributed by atoms with van der Waals surface area (Å²) in [6.45, 7) is 14.1. The van der Waals surface area contributed by atoms with Gasteiger partial charge in [0.25, 0.3) is 0 Å². The quantitative estimate of drug-likeness (QED) is 0.0501. The predicted octanol–water partition coefficient (Wildman–Crippen LogP) is 8.57. The molecule has 0 aromatic heterocycles. The number of rotatable bonds is 25. The summed E-state index contributed by atoms with van der Waals surface area (Å²) in [7, 11) is 4.17. The van der Waals surface area contributed by atoms with Crippen LogP contribution >= 0.6 is 8.58 Å². The van der Waals surface area contributed by atoms with Gasteiger partial charge in [0, 0.05) is 12.0 Å². The molecular formula is C33H65N2O4P. The van der Waals surface area contributed by atoms with E-state index in [9.17, 15) is 9.59 Å². The molecule has 0 aliphatic rings. The molecule has 6 atom stereocenters. The molecule has 0 aromatic carbocycles. The number of nitrogens with two attached hydrogens (primary N) is 1. The Morgan fingerprint density at radius 3 is 2.17 bits per heavy atom. The Bertz CT molecular complexity index is 683. The molecule has 0 fully saturated rings. The standard InChI is InChI=1S/C33H65N2O4P/c1-9-10-11-12-13-17-27(2)18-14-19-28(3)21-22-30(39-31(36)20-15-24-35(6)7)29(4)26-33(5,34)23-16-25-38-32(37)40-8/h16,23,27-30,40H,9-15,17-22,24-26,34H2,1-8H3/b23-16-. The largest absolute Gasteiger partial charge is 0.462 e. The summed E-state index contributed by atoms with van der Waals surface area (Å²) in [6, 6.07) is 0. The van der Waals surface area contributed by atoms with E-state index in [1.165, 1.54) is 57.8 Å². The van der Waals surface area contributed by atoms with E-state index in [0.717, 1.165) is 31.7 Å². The number of esters is 1. The molecule has 0 saturated heterocycles. The Kier molecular flexibility index (Phi) is 23.0. The third-order valence-corrected chi connectivity index (χ3v) is 8.37. The van der Waals surface area contributed by atoms with Crippen molar-refractivity contribution in [1.82, 2.24) is 4.90 Å². The summed E-state index contributed by atoms with van der Waals surface area (Å²) >= 11 is 0. The minimum atomic E-state index is -0.575. The molecule has 236 valence electrons. The van der Waals surface area contributed by atoms with Crippen LogP contribution in [0.4, 0.5) is 4.79 Å². The molecule has 40 heavy (non-hydrogen) atoms. The highest BCUT2D eigenvalue weighted by Gasteiger charge is 2.28. The molecule has 0 bridgehead atoms. The van der Waals surface area contributed by atoms with Crippen molar-refractivity contribution in [3.63, 3.8) is 0 Å². The van der Waals surface area contributed by atoms with E-state index in [1.807, 2.05) is 33.2 Å². The van der Waals surface area contributed by atoms with Crippen LogP contribution in [0.1, 0.15) is 125 Å². The Morgan fingerprint density at radius 1 is 0.925 bits per heavy atom. The third kappa shape index (κ3) is 22.7. The lowest BCUT2D eigenvalue weighted by atomic mass is 9.84. The van der Waals surface area contributed by atoms with E-state index >= 15 is 0 Å². The van der Waals surface area contributed by atoms with Crippen LogP contribution in [0, 0.1) is 17.8 Å². The average molecular weight is 585 g/mol. The minimum absolute atomic E-state index is 0.110. The number of nitrogens with zero attached hydrogens (tertiary/aromatic N) is 1. The second kappa shape index (κ2) is 23.6. The molecule has 0 aromatic rings. The zero-order valence-corrected chi connectivity index (χ0v) is 28.4. The second-order valence-corrected chi connectivity index (χ2v) is 13.7. The van der Waals surface area contributed by atoms with Crippen molar-refractivity contribution >= 4 is 20.3 Å². The smallest absolute Gasteiger partial charge is 0.323 e. The van der Waals surface area contributed by atoms with Gasteiger partial charge in [0.2, 0.25) is 0 Å². The van der Waals surface area contributed by atoms with Crippen LogP contribution in [0.3, 0.4) is 0 Å². The number of ether oxygens (including phenoxy) is 2. The highest BCUT2D eigenvalue weighted by molar-refractivity contribution is 7.56. The third-order valence-electron chi connectivity index (χ3n) is 7.82. The molecular weight excluding hydrogens is 519 g/mol. The van der Waals surface area contributed by atoms with E-state index in [2.05, 4.69) is 32.6 Å². The van der Waals surface area contributed by atoms with Crippen molar-refractivity contribution in [3.05, 3.63) is 12.2 Å². The molecule has 0 spiro atoms. The molecule has 0 heterocycles. The maximum absolute atomic E-state index is 12.7. The van der Waals surface area contributed by atoms with Crippen LogP contribution in [0.2, 0.25) is 0 Å². The van der Waals surface area contributed by atoms with Gasteiger partial charge in [-0.25, -0.2) is 4.79 Å². The van der Waals surface area contributed by atoms with E-state index < -0.39 is 5.54 Å². The molecule has 0 aliphatic carbocycles. The molecule has 0 radical (unpaired) electrons. The van der Waals surface area contributed by atoms with Gasteiger partial charge in [0.15, 0.2) is 0 Å². The maximum atomic E-state index is 12.7. The van der Waals surface area contributed by atoms with Gasteiger partial charge in [-0.1, -0.05) is 91.6 Å². The minimum Gasteiger partial charge on any atom is -0.462 e. The predicted molar refractivity (Wildman–Crippen MR) is 174 cm³/mol. The van der Waals surface area contributed by atoms with Gasteiger partial charge in [-0.3, -0.25) is 4.79 Å². The molecule has 0 rings (SSSR count). The van der Waals surface area contributed by atoms with Crippen LogP contribution < -0.4 is 5.73 Å². The molecule has 0 aliphatic heterocycles. The van der Waals surface area contributed by atoms with Crippen LogP contribution in [0.25, 0.3) is 0 Å². The fourth-order valence-electron chi connectivity index (χ4n) is 5.28. The number of carbonyl (C=O) groups is 2. The lowest BCUT2D eigenvalue weighted by Crippen LogP contribution is -2.39. The molecule has 7 heteroatoms. The van der Waals surface area contributed by atoms with Crippen molar-refractivity contribution < 1.29 is 19.1 Å². The Balaban J connectivity index is 4.83. The van der Waals surface area contributed by atoms with Crippen molar-refractivity contribution in [2.75, 3.05) is 33.9 Å². The van der Waals surface area contributed by atoms with Crippen LogP contribution in [0.15, 0.2) is 12.2 Å². The van der Waals surface area contributed by atoms with Crippen molar-refractivity contribution in [1.29, 1.82) is 0 Å². The first kappa shape index (κ1) is 39.0. The summed E-state index contributed by atoms with van der Waals surface area (Å²) in [5.74, 6) is 1.43. The zero-order chi connectivity index (χ0) is 30.4. The number of carbonyl (C=O) groups excluding carboxylic acids is 2. The summed E-state index contributed by atoms with van der Waals surface area (Å²) in [5.41, 5.74) is 5.82. The van der Waals surface area contributed by atoms with Gasteiger partial charge < -0.3 is 20.1 Å². The lowest BCUT2D eigenvalue weighted by Gasteiger charge is -2.31. The highest BCUT2D eigenvalue weighted by atomic mass is 31.1. The first-order valence-corrected chi connectivity index (χ1v) is 17.5. The fourth-order valence-corrected chi connectivity index (χ4v) is 5.51. The molecule has 2 N–H and O–H groups in total. The van der Waals surface area contributed by atoms with Crippen molar-refractivity contribution in [3.8, 4) is 0 Å². The van der Waals surface area contributed by atoms with Gasteiger partial charge in [-0.2, -0.15) is 0 Å². The first-order chi connectivity index (χ1) is 18.9. The van der Waals surface area contributed by atoms with Crippen LogP contribution in [-0.4, -0.2) is 62.1 Å². The van der Waals surface area contributed by atoms with E-state index in [0.29, 0.717) is 18.8 Å². The Labute approximate surface area is 249 Å². The van der Waals surface area contributed by atoms with Gasteiger partial charge in [-0.05, 0) is 92.3 Å². The normalized spacial score (nSPS) is 16.8. The van der Waals surface area contributed by atoms with E-state index in [-0.39, 0.29) is 38.9 Å². The number of unbranched alkanes of at least 4 members (excludes halogenated alkanes) is 4. The van der Waals surface area contributed by atoms with Gasteiger partial charge >= 0.3 is 11.7 Å². The van der Waals surface area contributed by atoms with Gasteiger partial charge in [0.1, 0.15) is 12.7 Å². The van der Waals surface area contributed by atoms with E-state index in [4.69, 9.17) is 15.2 Å². The summed E-state index contributed by atoms with van der Waals surface area (Å²) in [5, 5.41) is 0. The SMILES string of the molecule is CCCCCCCC(C)CCCC(C)CCC(OC(=O)CCCN(C)C)C(C)CC(C)(N)/C=C\COC(=O)PC. The Hall–Kier alpha value is -0.970. The second-order valence-electron chi connectivity index (χ2n) is 12.8.